The van der Waals surface area contributed by atoms with E-state index >= 15 is 0 Å². The Morgan fingerprint density at radius 1 is 1.12 bits per heavy atom. The van der Waals surface area contributed by atoms with Crippen molar-refractivity contribution < 1.29 is 9.59 Å². The number of imidazole rings is 1. The maximum Gasteiger partial charge on any atom is 0.227 e. The number of carbonyl (C=O) groups excluding carboxylic acids is 2. The smallest absolute Gasteiger partial charge is 0.227 e. The number of H-pyrrole nitrogens is 1. The fourth-order valence-corrected chi connectivity index (χ4v) is 3.28. The third kappa shape index (κ3) is 4.38. The van der Waals surface area contributed by atoms with Gasteiger partial charge in [0.05, 0.1) is 23.8 Å². The SMILES string of the molecule is CCCCC(=O)N1CCCN(C(=O)Cc2ccc3nc[nH]c3c2)CC1. The van der Waals surface area contributed by atoms with Crippen LogP contribution < -0.4 is 0 Å². The minimum absolute atomic E-state index is 0.127. The molecule has 1 aliphatic rings. The Balaban J connectivity index is 1.56. The first-order valence-electron chi connectivity index (χ1n) is 9.15. The van der Waals surface area contributed by atoms with Crippen LogP contribution in [0.25, 0.3) is 11.0 Å². The Labute approximate surface area is 148 Å². The van der Waals surface area contributed by atoms with Gasteiger partial charge in [-0.25, -0.2) is 4.98 Å². The molecule has 1 fully saturated rings. The number of rotatable bonds is 5. The molecule has 0 saturated carbocycles. The highest BCUT2D eigenvalue weighted by Gasteiger charge is 2.21. The van der Waals surface area contributed by atoms with Crippen molar-refractivity contribution in [2.45, 2.75) is 39.0 Å². The molecule has 0 unspecified atom stereocenters. The number of nitrogens with one attached hydrogen (secondary N) is 1. The summed E-state index contributed by atoms with van der Waals surface area (Å²) < 4.78 is 0. The van der Waals surface area contributed by atoms with E-state index in [9.17, 15) is 9.59 Å². The summed E-state index contributed by atoms with van der Waals surface area (Å²) >= 11 is 0. The molecule has 1 aliphatic heterocycles. The number of benzene rings is 1. The molecule has 0 atom stereocenters. The van der Waals surface area contributed by atoms with Crippen molar-refractivity contribution in [2.75, 3.05) is 26.2 Å². The molecular weight excluding hydrogens is 316 g/mol. The van der Waals surface area contributed by atoms with Gasteiger partial charge in [-0.2, -0.15) is 0 Å². The number of aromatic amines is 1. The molecule has 1 aromatic carbocycles. The second kappa shape index (κ2) is 8.14. The Bertz CT molecular complexity index is 740. The van der Waals surface area contributed by atoms with Gasteiger partial charge in [0.2, 0.25) is 11.8 Å². The van der Waals surface area contributed by atoms with Crippen molar-refractivity contribution >= 4 is 22.8 Å². The predicted octanol–water partition coefficient (Wildman–Crippen LogP) is 2.36. The average molecular weight is 342 g/mol. The second-order valence-electron chi connectivity index (χ2n) is 6.65. The van der Waals surface area contributed by atoms with Crippen LogP contribution in [0.15, 0.2) is 24.5 Å². The molecule has 1 aromatic heterocycles. The summed E-state index contributed by atoms with van der Waals surface area (Å²) in [6, 6.07) is 5.88. The van der Waals surface area contributed by atoms with Crippen molar-refractivity contribution in [2.24, 2.45) is 0 Å². The lowest BCUT2D eigenvalue weighted by Crippen LogP contribution is -2.37. The topological polar surface area (TPSA) is 69.3 Å². The maximum absolute atomic E-state index is 12.6. The van der Waals surface area contributed by atoms with E-state index in [2.05, 4.69) is 16.9 Å². The number of unbranched alkanes of at least 4 members (excludes halogenated alkanes) is 1. The Kier molecular flexibility index (Phi) is 5.68. The van der Waals surface area contributed by atoms with Crippen LogP contribution in [-0.4, -0.2) is 57.8 Å². The van der Waals surface area contributed by atoms with Gasteiger partial charge in [-0.3, -0.25) is 9.59 Å². The molecule has 6 nitrogen and oxygen atoms in total. The summed E-state index contributed by atoms with van der Waals surface area (Å²) in [4.78, 5) is 35.9. The van der Waals surface area contributed by atoms with Gasteiger partial charge >= 0.3 is 0 Å². The first-order chi connectivity index (χ1) is 12.2. The summed E-state index contributed by atoms with van der Waals surface area (Å²) in [6.07, 6.45) is 5.49. The van der Waals surface area contributed by atoms with E-state index in [1.54, 1.807) is 6.33 Å². The fourth-order valence-electron chi connectivity index (χ4n) is 3.28. The molecule has 2 heterocycles. The molecule has 0 aliphatic carbocycles. The standard InChI is InChI=1S/C19H26N4O2/c1-2-3-5-18(24)22-8-4-9-23(11-10-22)19(25)13-15-6-7-16-17(12-15)21-14-20-16/h6-7,12,14H,2-5,8-11,13H2,1H3,(H,20,21). The van der Waals surface area contributed by atoms with Crippen molar-refractivity contribution in [3.8, 4) is 0 Å². The molecule has 0 spiro atoms. The Morgan fingerprint density at radius 2 is 1.88 bits per heavy atom. The van der Waals surface area contributed by atoms with E-state index in [1.165, 1.54) is 0 Å². The summed E-state index contributed by atoms with van der Waals surface area (Å²) in [7, 11) is 0. The highest BCUT2D eigenvalue weighted by molar-refractivity contribution is 5.82. The van der Waals surface area contributed by atoms with Gasteiger partial charge in [-0.1, -0.05) is 19.4 Å². The van der Waals surface area contributed by atoms with Crippen LogP contribution in [-0.2, 0) is 16.0 Å². The average Bonchev–Trinajstić information content (AvgIpc) is 2.93. The number of hydrogen-bond donors (Lipinski definition) is 1. The Morgan fingerprint density at radius 3 is 2.64 bits per heavy atom. The van der Waals surface area contributed by atoms with Crippen LogP contribution in [0, 0.1) is 0 Å². The molecule has 6 heteroatoms. The van der Waals surface area contributed by atoms with Crippen LogP contribution in [0.5, 0.6) is 0 Å². The van der Waals surface area contributed by atoms with Crippen molar-refractivity contribution in [1.82, 2.24) is 19.8 Å². The van der Waals surface area contributed by atoms with Gasteiger partial charge < -0.3 is 14.8 Å². The number of carbonyl (C=O) groups is 2. The lowest BCUT2D eigenvalue weighted by molar-refractivity contribution is -0.133. The molecule has 2 aromatic rings. The number of aromatic nitrogens is 2. The van der Waals surface area contributed by atoms with Gasteiger partial charge in [0.15, 0.2) is 0 Å². The highest BCUT2D eigenvalue weighted by Crippen LogP contribution is 2.14. The van der Waals surface area contributed by atoms with E-state index in [0.29, 0.717) is 25.9 Å². The molecule has 0 radical (unpaired) electrons. The summed E-state index contributed by atoms with van der Waals surface area (Å²) in [6.45, 7) is 4.85. The van der Waals surface area contributed by atoms with Gasteiger partial charge in [0.1, 0.15) is 0 Å². The second-order valence-corrected chi connectivity index (χ2v) is 6.65. The normalized spacial score (nSPS) is 15.4. The van der Waals surface area contributed by atoms with E-state index in [0.717, 1.165) is 48.9 Å². The molecular formula is C19H26N4O2. The number of nitrogens with zero attached hydrogens (tertiary/aromatic N) is 3. The first kappa shape index (κ1) is 17.5. The lowest BCUT2D eigenvalue weighted by atomic mass is 10.1. The molecule has 3 rings (SSSR count). The molecule has 134 valence electrons. The summed E-state index contributed by atoms with van der Waals surface area (Å²) in [5.41, 5.74) is 2.85. The zero-order valence-corrected chi connectivity index (χ0v) is 14.8. The van der Waals surface area contributed by atoms with Crippen LogP contribution in [0.1, 0.15) is 38.2 Å². The van der Waals surface area contributed by atoms with Crippen molar-refractivity contribution in [1.29, 1.82) is 0 Å². The van der Waals surface area contributed by atoms with Crippen molar-refractivity contribution in [3.63, 3.8) is 0 Å². The van der Waals surface area contributed by atoms with Gasteiger partial charge in [-0.15, -0.1) is 0 Å². The van der Waals surface area contributed by atoms with E-state index in [1.807, 2.05) is 28.0 Å². The molecule has 1 saturated heterocycles. The minimum Gasteiger partial charge on any atom is -0.345 e. The van der Waals surface area contributed by atoms with Gasteiger partial charge in [0, 0.05) is 32.6 Å². The molecule has 0 bridgehead atoms. The predicted molar refractivity (Wildman–Crippen MR) is 97.1 cm³/mol. The highest BCUT2D eigenvalue weighted by atomic mass is 16.2. The van der Waals surface area contributed by atoms with E-state index in [4.69, 9.17) is 0 Å². The monoisotopic (exact) mass is 342 g/mol. The van der Waals surface area contributed by atoms with Gasteiger partial charge in [-0.05, 0) is 30.5 Å². The van der Waals surface area contributed by atoms with Crippen molar-refractivity contribution in [3.05, 3.63) is 30.1 Å². The third-order valence-corrected chi connectivity index (χ3v) is 4.79. The van der Waals surface area contributed by atoms with E-state index < -0.39 is 0 Å². The molecule has 2 amide bonds. The minimum atomic E-state index is 0.127. The molecule has 1 N–H and O–H groups in total. The number of amides is 2. The zero-order valence-electron chi connectivity index (χ0n) is 14.8. The van der Waals surface area contributed by atoms with Crippen LogP contribution in [0.4, 0.5) is 0 Å². The molecule has 25 heavy (non-hydrogen) atoms. The number of fused-ring (bicyclic) bond motifs is 1. The fraction of sp³-hybridized carbons (Fsp3) is 0.526. The number of hydrogen-bond acceptors (Lipinski definition) is 3. The lowest BCUT2D eigenvalue weighted by Gasteiger charge is -2.22. The third-order valence-electron chi connectivity index (χ3n) is 4.79. The largest absolute Gasteiger partial charge is 0.345 e. The van der Waals surface area contributed by atoms with E-state index in [-0.39, 0.29) is 11.8 Å². The quantitative estimate of drug-likeness (QED) is 0.907. The van der Waals surface area contributed by atoms with Crippen LogP contribution in [0.3, 0.4) is 0 Å². The van der Waals surface area contributed by atoms with Crippen LogP contribution >= 0.6 is 0 Å². The first-order valence-corrected chi connectivity index (χ1v) is 9.15. The van der Waals surface area contributed by atoms with Gasteiger partial charge in [0.25, 0.3) is 0 Å². The maximum atomic E-state index is 12.6. The van der Waals surface area contributed by atoms with Crippen LogP contribution in [0.2, 0.25) is 0 Å². The Hall–Kier alpha value is -2.37. The zero-order chi connectivity index (χ0) is 17.6. The summed E-state index contributed by atoms with van der Waals surface area (Å²) in [5, 5.41) is 0. The summed E-state index contributed by atoms with van der Waals surface area (Å²) in [5.74, 6) is 0.350.